The van der Waals surface area contributed by atoms with E-state index >= 15 is 0 Å². The van der Waals surface area contributed by atoms with Crippen LogP contribution in [0.3, 0.4) is 0 Å². The molecule has 0 amide bonds. The number of benzene rings is 1. The molecule has 1 atom stereocenters. The Morgan fingerprint density at radius 1 is 1.15 bits per heavy atom. The van der Waals surface area contributed by atoms with E-state index in [1.165, 1.54) is 11.1 Å². The number of nitrogens with zero attached hydrogens (tertiary/aromatic N) is 1. The van der Waals surface area contributed by atoms with Crippen LogP contribution in [0.25, 0.3) is 11.1 Å². The lowest BCUT2D eigenvalue weighted by Crippen LogP contribution is -2.03. The van der Waals surface area contributed by atoms with Crippen molar-refractivity contribution < 1.29 is 9.90 Å². The third kappa shape index (κ3) is 3.23. The molecule has 104 valence electrons. The summed E-state index contributed by atoms with van der Waals surface area (Å²) in [6.45, 7) is 6.08. The van der Waals surface area contributed by atoms with Crippen LogP contribution in [-0.4, -0.2) is 16.1 Å². The number of rotatable bonds is 4. The van der Waals surface area contributed by atoms with Crippen molar-refractivity contribution in [3.8, 4) is 11.1 Å². The van der Waals surface area contributed by atoms with Gasteiger partial charge in [0.25, 0.3) is 0 Å². The summed E-state index contributed by atoms with van der Waals surface area (Å²) in [5, 5.41) is 8.88. The predicted molar refractivity (Wildman–Crippen MR) is 79.8 cm³/mol. The molecule has 0 fully saturated rings. The Morgan fingerprint density at radius 2 is 1.90 bits per heavy atom. The van der Waals surface area contributed by atoms with Crippen molar-refractivity contribution >= 4 is 5.97 Å². The van der Waals surface area contributed by atoms with Gasteiger partial charge in [-0.2, -0.15) is 0 Å². The van der Waals surface area contributed by atoms with Gasteiger partial charge in [-0.15, -0.1) is 0 Å². The molecule has 2 rings (SSSR count). The van der Waals surface area contributed by atoms with E-state index in [9.17, 15) is 4.79 Å². The molecule has 1 unspecified atom stereocenters. The number of hydrogen-bond donors (Lipinski definition) is 1. The number of carbonyl (C=O) groups is 1. The first kappa shape index (κ1) is 14.3. The second kappa shape index (κ2) is 5.87. The summed E-state index contributed by atoms with van der Waals surface area (Å²) in [7, 11) is 0. The average Bonchev–Trinajstić information content (AvgIpc) is 2.41. The summed E-state index contributed by atoms with van der Waals surface area (Å²) in [5.41, 5.74) is 5.61. The first-order valence-electron chi connectivity index (χ1n) is 6.71. The van der Waals surface area contributed by atoms with Gasteiger partial charge in [-0.05, 0) is 48.1 Å². The molecule has 20 heavy (non-hydrogen) atoms. The van der Waals surface area contributed by atoms with Gasteiger partial charge >= 0.3 is 5.97 Å². The molecule has 0 saturated heterocycles. The SMILES string of the molecule is Cc1ccc(-c2cncc(C(C)CC(=O)O)c2)cc1C. The van der Waals surface area contributed by atoms with Crippen molar-refractivity contribution in [1.82, 2.24) is 4.98 Å². The fourth-order valence-electron chi connectivity index (χ4n) is 2.19. The highest BCUT2D eigenvalue weighted by atomic mass is 16.4. The lowest BCUT2D eigenvalue weighted by molar-refractivity contribution is -0.137. The standard InChI is InChI=1S/C17H19NO2/c1-11-4-5-14(6-12(11)2)16-8-15(9-18-10-16)13(3)7-17(19)20/h4-6,8-10,13H,7H2,1-3H3,(H,19,20). The number of hydrogen-bond acceptors (Lipinski definition) is 2. The topological polar surface area (TPSA) is 50.2 Å². The van der Waals surface area contributed by atoms with E-state index in [-0.39, 0.29) is 12.3 Å². The van der Waals surface area contributed by atoms with E-state index in [0.29, 0.717) is 0 Å². The van der Waals surface area contributed by atoms with Gasteiger partial charge < -0.3 is 5.11 Å². The molecule has 2 aromatic rings. The lowest BCUT2D eigenvalue weighted by Gasteiger charge is -2.11. The average molecular weight is 269 g/mol. The third-order valence-corrected chi connectivity index (χ3v) is 3.65. The summed E-state index contributed by atoms with van der Waals surface area (Å²) in [4.78, 5) is 15.0. The summed E-state index contributed by atoms with van der Waals surface area (Å²) in [6.07, 6.45) is 3.69. The van der Waals surface area contributed by atoms with Gasteiger partial charge in [0.05, 0.1) is 6.42 Å². The summed E-state index contributed by atoms with van der Waals surface area (Å²) in [6, 6.07) is 8.34. The van der Waals surface area contributed by atoms with Crippen molar-refractivity contribution in [2.24, 2.45) is 0 Å². The van der Waals surface area contributed by atoms with Gasteiger partial charge in [0.15, 0.2) is 0 Å². The molecule has 1 heterocycles. The van der Waals surface area contributed by atoms with Crippen LogP contribution in [0.4, 0.5) is 0 Å². The quantitative estimate of drug-likeness (QED) is 0.914. The van der Waals surface area contributed by atoms with Gasteiger partial charge in [-0.25, -0.2) is 0 Å². The molecule has 0 radical (unpaired) electrons. The van der Waals surface area contributed by atoms with E-state index in [2.05, 4.69) is 37.0 Å². The first-order chi connectivity index (χ1) is 9.47. The highest BCUT2D eigenvalue weighted by molar-refractivity contribution is 5.69. The second-order valence-corrected chi connectivity index (χ2v) is 5.30. The molecule has 3 nitrogen and oxygen atoms in total. The van der Waals surface area contributed by atoms with Gasteiger partial charge in [0.2, 0.25) is 0 Å². The minimum atomic E-state index is -0.783. The zero-order valence-electron chi connectivity index (χ0n) is 12.1. The normalized spacial score (nSPS) is 12.2. The molecule has 1 aromatic carbocycles. The highest BCUT2D eigenvalue weighted by Gasteiger charge is 2.11. The van der Waals surface area contributed by atoms with Gasteiger partial charge in [0.1, 0.15) is 0 Å². The minimum absolute atomic E-state index is 0.0357. The van der Waals surface area contributed by atoms with E-state index in [1.54, 1.807) is 6.20 Å². The highest BCUT2D eigenvalue weighted by Crippen LogP contribution is 2.26. The van der Waals surface area contributed by atoms with Gasteiger partial charge in [-0.3, -0.25) is 9.78 Å². The van der Waals surface area contributed by atoms with Crippen LogP contribution >= 0.6 is 0 Å². The van der Waals surface area contributed by atoms with Crippen molar-refractivity contribution in [2.75, 3.05) is 0 Å². The van der Waals surface area contributed by atoms with Crippen LogP contribution in [0.1, 0.15) is 36.0 Å². The monoisotopic (exact) mass is 269 g/mol. The van der Waals surface area contributed by atoms with Crippen molar-refractivity contribution in [2.45, 2.75) is 33.1 Å². The van der Waals surface area contributed by atoms with Crippen molar-refractivity contribution in [1.29, 1.82) is 0 Å². The maximum absolute atomic E-state index is 10.8. The maximum atomic E-state index is 10.8. The van der Waals surface area contributed by atoms with E-state index < -0.39 is 5.97 Å². The molecule has 0 aliphatic carbocycles. The number of carboxylic acid groups (broad SMARTS) is 1. The largest absolute Gasteiger partial charge is 0.481 e. The molecule has 3 heteroatoms. The van der Waals surface area contributed by atoms with Gasteiger partial charge in [-0.1, -0.05) is 25.1 Å². The van der Waals surface area contributed by atoms with Crippen LogP contribution in [0.2, 0.25) is 0 Å². The molecule has 0 bridgehead atoms. The number of aryl methyl sites for hydroxylation is 2. The number of aliphatic carboxylic acids is 1. The lowest BCUT2D eigenvalue weighted by atomic mass is 9.95. The van der Waals surface area contributed by atoms with Crippen molar-refractivity contribution in [3.05, 3.63) is 53.3 Å². The summed E-state index contributed by atoms with van der Waals surface area (Å²) in [5.74, 6) is -0.819. The fraction of sp³-hybridized carbons (Fsp3) is 0.294. The predicted octanol–water partition coefficient (Wildman–Crippen LogP) is 3.94. The Labute approximate surface area is 119 Å². The van der Waals surface area contributed by atoms with Crippen molar-refractivity contribution in [3.63, 3.8) is 0 Å². The Bertz CT molecular complexity index is 635. The Morgan fingerprint density at radius 3 is 2.55 bits per heavy atom. The Hall–Kier alpha value is -2.16. The smallest absolute Gasteiger partial charge is 0.303 e. The molecule has 0 saturated carbocycles. The number of aromatic nitrogens is 1. The van der Waals surface area contributed by atoms with E-state index in [0.717, 1.165) is 16.7 Å². The zero-order chi connectivity index (χ0) is 14.7. The molecular weight excluding hydrogens is 250 g/mol. The van der Waals surface area contributed by atoms with E-state index in [4.69, 9.17) is 5.11 Å². The summed E-state index contributed by atoms with van der Waals surface area (Å²) < 4.78 is 0. The second-order valence-electron chi connectivity index (χ2n) is 5.30. The van der Waals surface area contributed by atoms with Gasteiger partial charge in [0, 0.05) is 18.0 Å². The van der Waals surface area contributed by atoms with Crippen LogP contribution in [0, 0.1) is 13.8 Å². The molecule has 0 aliphatic rings. The number of carboxylic acids is 1. The summed E-state index contributed by atoms with van der Waals surface area (Å²) >= 11 is 0. The van der Waals surface area contributed by atoms with Crippen LogP contribution < -0.4 is 0 Å². The first-order valence-corrected chi connectivity index (χ1v) is 6.71. The Kier molecular flexibility index (Phi) is 4.18. The molecule has 1 aromatic heterocycles. The molecule has 1 N–H and O–H groups in total. The molecule has 0 spiro atoms. The van der Waals surface area contributed by atoms with E-state index in [1.807, 2.05) is 19.2 Å². The van der Waals surface area contributed by atoms with Crippen LogP contribution in [-0.2, 0) is 4.79 Å². The maximum Gasteiger partial charge on any atom is 0.303 e. The number of pyridine rings is 1. The van der Waals surface area contributed by atoms with Crippen LogP contribution in [0.5, 0.6) is 0 Å². The minimum Gasteiger partial charge on any atom is -0.481 e. The van der Waals surface area contributed by atoms with Crippen LogP contribution in [0.15, 0.2) is 36.7 Å². The third-order valence-electron chi connectivity index (χ3n) is 3.65. The molecular formula is C17H19NO2. The fourth-order valence-corrected chi connectivity index (χ4v) is 2.19. The Balaban J connectivity index is 2.33. The molecule has 0 aliphatic heterocycles. The zero-order valence-corrected chi connectivity index (χ0v) is 12.1.